The number of carbonyl (C=O) groups is 1. The zero-order chi connectivity index (χ0) is 12.3. The lowest BCUT2D eigenvalue weighted by atomic mass is 10.1. The molecule has 1 atom stereocenters. The molecular weight excluding hydrogens is 227 g/mol. The molecule has 0 aromatic heterocycles. The molecule has 1 amide bonds. The van der Waals surface area contributed by atoms with Crippen LogP contribution in [0.5, 0.6) is 5.75 Å². The molecule has 1 rings (SSSR count). The summed E-state index contributed by atoms with van der Waals surface area (Å²) < 4.78 is 39.2. The van der Waals surface area contributed by atoms with Gasteiger partial charge in [0.1, 0.15) is 5.75 Å². The molecule has 0 fully saturated rings. The lowest BCUT2D eigenvalue weighted by molar-refractivity contribution is -0.274. The van der Waals surface area contributed by atoms with Gasteiger partial charge in [-0.15, -0.1) is 13.2 Å². The Bertz CT molecular complexity index is 392. The minimum atomic E-state index is -4.82. The van der Waals surface area contributed by atoms with Gasteiger partial charge in [-0.2, -0.15) is 0 Å². The summed E-state index contributed by atoms with van der Waals surface area (Å²) >= 11 is 0. The van der Waals surface area contributed by atoms with Crippen molar-refractivity contribution in [3.8, 4) is 5.75 Å². The van der Waals surface area contributed by atoms with E-state index in [1.54, 1.807) is 0 Å². The summed E-state index contributed by atoms with van der Waals surface area (Å²) in [6.45, 7) is 0. The van der Waals surface area contributed by atoms with E-state index in [1.165, 1.54) is 12.1 Å². The molecule has 0 bridgehead atoms. The maximum Gasteiger partial charge on any atom is 0.573 e. The number of ether oxygens (including phenoxy) is 1. The maximum atomic E-state index is 11.9. The van der Waals surface area contributed by atoms with Crippen LogP contribution < -0.4 is 10.5 Å². The van der Waals surface area contributed by atoms with E-state index in [0.29, 0.717) is 0 Å². The molecule has 3 N–H and O–H groups in total. The third-order valence-electron chi connectivity index (χ3n) is 1.68. The highest BCUT2D eigenvalue weighted by molar-refractivity contribution is 5.80. The second-order valence-corrected chi connectivity index (χ2v) is 2.93. The molecule has 0 radical (unpaired) electrons. The van der Waals surface area contributed by atoms with Crippen molar-refractivity contribution in [2.75, 3.05) is 0 Å². The summed E-state index contributed by atoms with van der Waals surface area (Å²) in [4.78, 5) is 10.6. The molecule has 0 aliphatic heterocycles. The van der Waals surface area contributed by atoms with Crippen LogP contribution in [0.4, 0.5) is 13.2 Å². The van der Waals surface area contributed by atoms with Crippen molar-refractivity contribution in [2.45, 2.75) is 12.5 Å². The van der Waals surface area contributed by atoms with Crippen LogP contribution in [0.15, 0.2) is 24.3 Å². The van der Waals surface area contributed by atoms with E-state index in [9.17, 15) is 23.1 Å². The zero-order valence-corrected chi connectivity index (χ0v) is 7.86. The number of alkyl halides is 3. The van der Waals surface area contributed by atoms with E-state index in [4.69, 9.17) is 5.73 Å². The van der Waals surface area contributed by atoms with Gasteiger partial charge in [0.25, 0.3) is 5.91 Å². The first-order valence-electron chi connectivity index (χ1n) is 4.12. The number of aliphatic hydroxyl groups is 1. The van der Waals surface area contributed by atoms with Crippen molar-refractivity contribution in [3.05, 3.63) is 29.8 Å². The van der Waals surface area contributed by atoms with E-state index >= 15 is 0 Å². The average molecular weight is 235 g/mol. The van der Waals surface area contributed by atoms with Crippen LogP contribution in [0, 0.1) is 0 Å². The van der Waals surface area contributed by atoms with E-state index < -0.39 is 24.1 Å². The third-order valence-corrected chi connectivity index (χ3v) is 1.68. The number of hydrogen-bond donors (Lipinski definition) is 2. The fourth-order valence-corrected chi connectivity index (χ4v) is 1.05. The second-order valence-electron chi connectivity index (χ2n) is 2.93. The van der Waals surface area contributed by atoms with Crippen LogP contribution in [-0.4, -0.2) is 17.4 Å². The summed E-state index contributed by atoms with van der Waals surface area (Å²) in [5.41, 5.74) is 4.73. The normalized spacial score (nSPS) is 13.2. The molecular formula is C9H8F3NO3. The number of halogens is 3. The highest BCUT2D eigenvalue weighted by Crippen LogP contribution is 2.25. The summed E-state index contributed by atoms with van der Waals surface area (Å²) in [5, 5.41) is 9.21. The van der Waals surface area contributed by atoms with Gasteiger partial charge in [-0.3, -0.25) is 4.79 Å². The number of rotatable bonds is 3. The minimum Gasteiger partial charge on any atom is -0.406 e. The topological polar surface area (TPSA) is 72.6 Å². The molecule has 7 heteroatoms. The Morgan fingerprint density at radius 2 is 2.06 bits per heavy atom. The van der Waals surface area contributed by atoms with Crippen LogP contribution in [0.3, 0.4) is 0 Å². The maximum absolute atomic E-state index is 11.9. The molecule has 16 heavy (non-hydrogen) atoms. The Balaban J connectivity index is 2.91. The van der Waals surface area contributed by atoms with Gasteiger partial charge in [-0.25, -0.2) is 0 Å². The van der Waals surface area contributed by atoms with Crippen LogP contribution in [0.1, 0.15) is 11.7 Å². The fourth-order valence-electron chi connectivity index (χ4n) is 1.05. The highest BCUT2D eigenvalue weighted by atomic mass is 19.4. The van der Waals surface area contributed by atoms with E-state index in [-0.39, 0.29) is 5.56 Å². The molecule has 0 saturated heterocycles. The summed E-state index contributed by atoms with van der Waals surface area (Å²) in [5.74, 6) is -1.57. The molecule has 1 aromatic carbocycles. The quantitative estimate of drug-likeness (QED) is 0.824. The molecule has 4 nitrogen and oxygen atoms in total. The van der Waals surface area contributed by atoms with Crippen molar-refractivity contribution >= 4 is 5.91 Å². The number of primary amides is 1. The molecule has 0 saturated carbocycles. The predicted molar refractivity (Wildman–Crippen MR) is 47.3 cm³/mol. The zero-order valence-electron chi connectivity index (χ0n) is 7.86. The number of amides is 1. The van der Waals surface area contributed by atoms with Gasteiger partial charge >= 0.3 is 6.36 Å². The Hall–Kier alpha value is -1.76. The first-order valence-corrected chi connectivity index (χ1v) is 4.12. The number of carbonyl (C=O) groups excluding carboxylic acids is 1. The monoisotopic (exact) mass is 235 g/mol. The van der Waals surface area contributed by atoms with Crippen LogP contribution in [-0.2, 0) is 4.79 Å². The van der Waals surface area contributed by atoms with Crippen LogP contribution in [0.25, 0.3) is 0 Å². The van der Waals surface area contributed by atoms with Crippen LogP contribution in [0.2, 0.25) is 0 Å². The minimum absolute atomic E-state index is 0.0609. The van der Waals surface area contributed by atoms with Gasteiger partial charge in [0.15, 0.2) is 6.10 Å². The standard InChI is InChI=1S/C9H8F3NO3/c10-9(11,12)16-6-3-1-2-5(4-6)7(14)8(13)15/h1-4,7,14H,(H2,13,15). The summed E-state index contributed by atoms with van der Waals surface area (Å²) in [6, 6.07) is 4.41. The molecule has 0 aliphatic carbocycles. The molecule has 1 unspecified atom stereocenters. The molecule has 88 valence electrons. The van der Waals surface area contributed by atoms with Gasteiger partial charge < -0.3 is 15.6 Å². The number of nitrogens with two attached hydrogens (primary N) is 1. The Labute approximate surface area is 88.4 Å². The fraction of sp³-hybridized carbons (Fsp3) is 0.222. The lowest BCUT2D eigenvalue weighted by Crippen LogP contribution is -2.21. The van der Waals surface area contributed by atoms with Crippen molar-refractivity contribution in [3.63, 3.8) is 0 Å². The van der Waals surface area contributed by atoms with Crippen molar-refractivity contribution in [1.82, 2.24) is 0 Å². The summed E-state index contributed by atoms with van der Waals surface area (Å²) in [7, 11) is 0. The number of benzene rings is 1. The van der Waals surface area contributed by atoms with Crippen molar-refractivity contribution in [2.24, 2.45) is 5.73 Å². The van der Waals surface area contributed by atoms with E-state index in [0.717, 1.165) is 12.1 Å². The van der Waals surface area contributed by atoms with Gasteiger partial charge in [-0.05, 0) is 17.7 Å². The third kappa shape index (κ3) is 3.43. The van der Waals surface area contributed by atoms with Crippen molar-refractivity contribution in [1.29, 1.82) is 0 Å². The van der Waals surface area contributed by atoms with Gasteiger partial charge in [0.2, 0.25) is 0 Å². The van der Waals surface area contributed by atoms with Crippen molar-refractivity contribution < 1.29 is 27.8 Å². The van der Waals surface area contributed by atoms with Crippen LogP contribution >= 0.6 is 0 Å². The van der Waals surface area contributed by atoms with Gasteiger partial charge in [-0.1, -0.05) is 12.1 Å². The molecule has 0 aliphatic rings. The molecule has 0 spiro atoms. The smallest absolute Gasteiger partial charge is 0.406 e. The number of hydrogen-bond acceptors (Lipinski definition) is 3. The largest absolute Gasteiger partial charge is 0.573 e. The Morgan fingerprint density at radius 1 is 1.44 bits per heavy atom. The highest BCUT2D eigenvalue weighted by Gasteiger charge is 2.31. The predicted octanol–water partition coefficient (Wildman–Crippen LogP) is 1.10. The SMILES string of the molecule is NC(=O)C(O)c1cccc(OC(F)(F)F)c1. The van der Waals surface area contributed by atoms with Gasteiger partial charge in [0.05, 0.1) is 0 Å². The van der Waals surface area contributed by atoms with Gasteiger partial charge in [0, 0.05) is 0 Å². The first kappa shape index (κ1) is 12.3. The lowest BCUT2D eigenvalue weighted by Gasteiger charge is -2.11. The molecule has 1 aromatic rings. The molecule has 0 heterocycles. The van der Waals surface area contributed by atoms with E-state index in [2.05, 4.69) is 4.74 Å². The van der Waals surface area contributed by atoms with E-state index in [1.807, 2.05) is 0 Å². The first-order chi connectivity index (χ1) is 7.29. The number of aliphatic hydroxyl groups excluding tert-OH is 1. The Morgan fingerprint density at radius 3 is 2.56 bits per heavy atom. The average Bonchev–Trinajstić information content (AvgIpc) is 2.14. The second kappa shape index (κ2) is 4.40. The Kier molecular flexibility index (Phi) is 3.38. The summed E-state index contributed by atoms with van der Waals surface area (Å²) in [6.07, 6.45) is -6.48.